The summed E-state index contributed by atoms with van der Waals surface area (Å²) in [4.78, 5) is 40.5. The molecule has 0 fully saturated rings. The largest absolute Gasteiger partial charge is 0.330 e. The van der Waals surface area contributed by atoms with Gasteiger partial charge in [-0.05, 0) is 18.2 Å². The molecule has 3 rings (SSSR count). The summed E-state index contributed by atoms with van der Waals surface area (Å²) in [6.07, 6.45) is 1.39. The van der Waals surface area contributed by atoms with E-state index in [0.717, 1.165) is 4.57 Å². The van der Waals surface area contributed by atoms with E-state index in [9.17, 15) is 14.4 Å². The highest BCUT2D eigenvalue weighted by molar-refractivity contribution is 6.31. The van der Waals surface area contributed by atoms with Crippen LogP contribution in [0.2, 0.25) is 5.02 Å². The van der Waals surface area contributed by atoms with Gasteiger partial charge in [0.1, 0.15) is 0 Å². The molecule has 0 atom stereocenters. The molecular formula is C15H13ClN4O3. The number of hydrogen-bond acceptors (Lipinski definition) is 4. The summed E-state index contributed by atoms with van der Waals surface area (Å²) in [7, 11) is 2.95. The van der Waals surface area contributed by atoms with Crippen LogP contribution in [0.25, 0.3) is 10.9 Å². The fourth-order valence-corrected chi connectivity index (χ4v) is 2.52. The molecule has 0 saturated carbocycles. The smallest absolute Gasteiger partial charge is 0.299 e. The van der Waals surface area contributed by atoms with E-state index in [-0.39, 0.29) is 12.1 Å². The molecule has 2 aromatic heterocycles. The molecule has 0 saturated heterocycles. The lowest BCUT2D eigenvalue weighted by Crippen LogP contribution is -2.39. The Balaban J connectivity index is 2.17. The fourth-order valence-electron chi connectivity index (χ4n) is 2.35. The number of benzene rings is 1. The van der Waals surface area contributed by atoms with Gasteiger partial charge in [0.2, 0.25) is 0 Å². The van der Waals surface area contributed by atoms with Gasteiger partial charge in [0.25, 0.3) is 11.1 Å². The van der Waals surface area contributed by atoms with Gasteiger partial charge in [-0.2, -0.15) is 0 Å². The number of rotatable bonds is 2. The van der Waals surface area contributed by atoms with Crippen LogP contribution in [0.1, 0.15) is 5.69 Å². The summed E-state index contributed by atoms with van der Waals surface area (Å²) in [6.45, 7) is 0.0656. The Morgan fingerprint density at radius 3 is 2.57 bits per heavy atom. The summed E-state index contributed by atoms with van der Waals surface area (Å²) >= 11 is 5.92. The number of halogens is 1. The molecule has 1 aromatic carbocycles. The van der Waals surface area contributed by atoms with Crippen LogP contribution >= 0.6 is 11.6 Å². The molecule has 0 aliphatic rings. The maximum absolute atomic E-state index is 12.5. The van der Waals surface area contributed by atoms with E-state index in [0.29, 0.717) is 21.6 Å². The Morgan fingerprint density at radius 2 is 1.83 bits per heavy atom. The summed E-state index contributed by atoms with van der Waals surface area (Å²) in [5.74, 6) is 0. The van der Waals surface area contributed by atoms with Gasteiger partial charge in [-0.3, -0.25) is 23.3 Å². The maximum Gasteiger partial charge on any atom is 0.330 e. The van der Waals surface area contributed by atoms with Gasteiger partial charge < -0.3 is 0 Å². The SMILES string of the molecule is Cn1c(Cn2cnc3ccc(Cl)cc3c2=O)cc(=O)n(C)c1=O. The number of hydrogen-bond donors (Lipinski definition) is 0. The average Bonchev–Trinajstić information content (AvgIpc) is 2.53. The van der Waals surface area contributed by atoms with Crippen molar-refractivity contribution in [1.82, 2.24) is 18.7 Å². The molecule has 23 heavy (non-hydrogen) atoms. The fraction of sp³-hybridized carbons (Fsp3) is 0.200. The normalized spacial score (nSPS) is 11.1. The molecule has 0 spiro atoms. The first-order chi connectivity index (χ1) is 10.9. The van der Waals surface area contributed by atoms with Gasteiger partial charge in [0.05, 0.1) is 23.8 Å². The first-order valence-corrected chi connectivity index (χ1v) is 7.17. The summed E-state index contributed by atoms with van der Waals surface area (Å²) in [6, 6.07) is 6.20. The lowest BCUT2D eigenvalue weighted by molar-refractivity contribution is 0.615. The summed E-state index contributed by atoms with van der Waals surface area (Å²) < 4.78 is 3.67. The van der Waals surface area contributed by atoms with Crippen molar-refractivity contribution in [3.63, 3.8) is 0 Å². The van der Waals surface area contributed by atoms with Crippen LogP contribution in [0.5, 0.6) is 0 Å². The van der Waals surface area contributed by atoms with E-state index in [1.165, 1.54) is 28.6 Å². The van der Waals surface area contributed by atoms with E-state index < -0.39 is 11.2 Å². The molecule has 0 radical (unpaired) electrons. The third-order valence-corrected chi connectivity index (χ3v) is 3.98. The highest BCUT2D eigenvalue weighted by Gasteiger charge is 2.09. The second-order valence-electron chi connectivity index (χ2n) is 5.21. The van der Waals surface area contributed by atoms with E-state index in [4.69, 9.17) is 11.6 Å². The van der Waals surface area contributed by atoms with Crippen LogP contribution in [0.3, 0.4) is 0 Å². The van der Waals surface area contributed by atoms with Gasteiger partial charge in [-0.25, -0.2) is 9.78 Å². The van der Waals surface area contributed by atoms with Crippen molar-refractivity contribution in [2.75, 3.05) is 0 Å². The lowest BCUT2D eigenvalue weighted by atomic mass is 10.2. The predicted molar refractivity (Wildman–Crippen MR) is 87.0 cm³/mol. The molecule has 7 nitrogen and oxygen atoms in total. The molecule has 118 valence electrons. The second-order valence-corrected chi connectivity index (χ2v) is 5.65. The minimum absolute atomic E-state index is 0.0656. The second kappa shape index (κ2) is 5.51. The van der Waals surface area contributed by atoms with Crippen LogP contribution in [-0.4, -0.2) is 18.7 Å². The molecular weight excluding hydrogens is 320 g/mol. The summed E-state index contributed by atoms with van der Waals surface area (Å²) in [5.41, 5.74) is -0.201. The topological polar surface area (TPSA) is 78.9 Å². The van der Waals surface area contributed by atoms with Crippen molar-refractivity contribution in [3.8, 4) is 0 Å². The van der Waals surface area contributed by atoms with E-state index in [1.54, 1.807) is 25.2 Å². The molecule has 0 N–H and O–H groups in total. The first-order valence-electron chi connectivity index (χ1n) is 6.79. The Bertz CT molecular complexity index is 1090. The molecule has 8 heteroatoms. The van der Waals surface area contributed by atoms with Crippen LogP contribution in [0.4, 0.5) is 0 Å². The van der Waals surface area contributed by atoms with Crippen LogP contribution in [-0.2, 0) is 20.6 Å². The van der Waals surface area contributed by atoms with Crippen molar-refractivity contribution in [1.29, 1.82) is 0 Å². The molecule has 3 aromatic rings. The Hall–Kier alpha value is -2.67. The van der Waals surface area contributed by atoms with E-state index in [2.05, 4.69) is 4.98 Å². The third-order valence-electron chi connectivity index (χ3n) is 3.74. The third kappa shape index (κ3) is 2.59. The van der Waals surface area contributed by atoms with Crippen molar-refractivity contribution >= 4 is 22.5 Å². The predicted octanol–water partition coefficient (Wildman–Crippen LogP) is 0.496. The van der Waals surface area contributed by atoms with Gasteiger partial charge in [-0.1, -0.05) is 11.6 Å². The van der Waals surface area contributed by atoms with Crippen LogP contribution in [0.15, 0.2) is 45.0 Å². The van der Waals surface area contributed by atoms with E-state index in [1.807, 2.05) is 0 Å². The quantitative estimate of drug-likeness (QED) is 0.684. The highest BCUT2D eigenvalue weighted by Crippen LogP contribution is 2.14. The number of aromatic nitrogens is 4. The zero-order valence-electron chi connectivity index (χ0n) is 12.5. The van der Waals surface area contributed by atoms with Gasteiger partial charge >= 0.3 is 5.69 Å². The molecule has 0 aliphatic heterocycles. The monoisotopic (exact) mass is 332 g/mol. The van der Waals surface area contributed by atoms with Gasteiger partial charge in [0.15, 0.2) is 0 Å². The molecule has 0 amide bonds. The minimum atomic E-state index is -0.447. The Kier molecular flexibility index (Phi) is 3.65. The number of fused-ring (bicyclic) bond motifs is 1. The molecule has 0 unspecified atom stereocenters. The van der Waals surface area contributed by atoms with Crippen molar-refractivity contribution < 1.29 is 0 Å². The standard InChI is InChI=1S/C15H13ClN4O3/c1-18-10(6-13(21)19(2)15(18)23)7-20-8-17-12-4-3-9(16)5-11(12)14(20)22/h3-6,8H,7H2,1-2H3. The summed E-state index contributed by atoms with van der Waals surface area (Å²) in [5, 5.41) is 0.823. The zero-order valence-corrected chi connectivity index (χ0v) is 13.2. The average molecular weight is 333 g/mol. The number of nitrogens with zero attached hydrogens (tertiary/aromatic N) is 4. The Morgan fingerprint density at radius 1 is 1.09 bits per heavy atom. The van der Waals surface area contributed by atoms with E-state index >= 15 is 0 Å². The minimum Gasteiger partial charge on any atom is -0.299 e. The van der Waals surface area contributed by atoms with Crippen LogP contribution in [0, 0.1) is 0 Å². The van der Waals surface area contributed by atoms with Crippen molar-refractivity contribution in [2.24, 2.45) is 14.1 Å². The van der Waals surface area contributed by atoms with Crippen molar-refractivity contribution in [3.05, 3.63) is 72.5 Å². The van der Waals surface area contributed by atoms with Crippen molar-refractivity contribution in [2.45, 2.75) is 6.54 Å². The first kappa shape index (κ1) is 15.2. The lowest BCUT2D eigenvalue weighted by Gasteiger charge is -2.11. The van der Waals surface area contributed by atoms with Crippen LogP contribution < -0.4 is 16.8 Å². The highest BCUT2D eigenvalue weighted by atomic mass is 35.5. The maximum atomic E-state index is 12.5. The van der Waals surface area contributed by atoms with Gasteiger partial charge in [0, 0.05) is 30.9 Å². The van der Waals surface area contributed by atoms with Gasteiger partial charge in [-0.15, -0.1) is 0 Å². The zero-order chi connectivity index (χ0) is 16.7. The molecule has 2 heterocycles. The molecule has 0 aliphatic carbocycles. The molecule has 0 bridgehead atoms. The Labute approximate surface area is 135 Å².